The standard InChI is InChI=1S/C15H21NO4/c1-10(17)8-14-11(2)16(15(18)20-14)9-12-4-6-13(19-3)7-5-12/h4-7,10-11,14,17H,8-9H2,1-3H3/t10?,11-,14-/m0/s1. The van der Waals surface area contributed by atoms with Crippen molar-refractivity contribution in [1.82, 2.24) is 4.90 Å². The fraction of sp³-hybridized carbons (Fsp3) is 0.533. The Hall–Kier alpha value is -1.75. The second-order valence-electron chi connectivity index (χ2n) is 5.22. The SMILES string of the molecule is COc1ccc(CN2C(=O)O[C@@H](CC(C)O)[C@@H]2C)cc1. The number of rotatable bonds is 5. The molecule has 1 fully saturated rings. The molecule has 2 rings (SSSR count). The van der Waals surface area contributed by atoms with E-state index in [1.165, 1.54) is 0 Å². The Balaban J connectivity index is 2.02. The maximum Gasteiger partial charge on any atom is 0.410 e. The average molecular weight is 279 g/mol. The minimum Gasteiger partial charge on any atom is -0.497 e. The van der Waals surface area contributed by atoms with Crippen molar-refractivity contribution in [1.29, 1.82) is 0 Å². The molecule has 0 spiro atoms. The number of aliphatic hydroxyl groups is 1. The van der Waals surface area contributed by atoms with E-state index < -0.39 is 6.10 Å². The molecule has 1 amide bonds. The molecule has 20 heavy (non-hydrogen) atoms. The summed E-state index contributed by atoms with van der Waals surface area (Å²) in [5.41, 5.74) is 1.02. The summed E-state index contributed by atoms with van der Waals surface area (Å²) in [5, 5.41) is 9.43. The molecule has 1 aliphatic rings. The monoisotopic (exact) mass is 279 g/mol. The summed E-state index contributed by atoms with van der Waals surface area (Å²) >= 11 is 0. The highest BCUT2D eigenvalue weighted by Gasteiger charge is 2.38. The number of carbonyl (C=O) groups excluding carboxylic acids is 1. The van der Waals surface area contributed by atoms with E-state index in [1.807, 2.05) is 31.2 Å². The fourth-order valence-electron chi connectivity index (χ4n) is 2.38. The lowest BCUT2D eigenvalue weighted by molar-refractivity contribution is 0.0835. The largest absolute Gasteiger partial charge is 0.497 e. The van der Waals surface area contributed by atoms with Gasteiger partial charge in [-0.25, -0.2) is 4.79 Å². The summed E-state index contributed by atoms with van der Waals surface area (Å²) in [6.07, 6.45) is -0.581. The van der Waals surface area contributed by atoms with E-state index in [0.717, 1.165) is 11.3 Å². The first-order valence-electron chi connectivity index (χ1n) is 6.79. The van der Waals surface area contributed by atoms with Gasteiger partial charge in [-0.3, -0.25) is 4.90 Å². The van der Waals surface area contributed by atoms with Crippen molar-refractivity contribution in [3.05, 3.63) is 29.8 Å². The summed E-state index contributed by atoms with van der Waals surface area (Å²) in [4.78, 5) is 13.6. The molecule has 1 aromatic rings. The first-order chi connectivity index (χ1) is 9.51. The lowest BCUT2D eigenvalue weighted by Crippen LogP contribution is -2.34. The second-order valence-corrected chi connectivity index (χ2v) is 5.22. The third kappa shape index (κ3) is 3.22. The maximum atomic E-state index is 11.9. The van der Waals surface area contributed by atoms with Crippen molar-refractivity contribution in [3.63, 3.8) is 0 Å². The predicted octanol–water partition coefficient (Wildman–Crippen LogP) is 2.18. The summed E-state index contributed by atoms with van der Waals surface area (Å²) in [7, 11) is 1.62. The van der Waals surface area contributed by atoms with Crippen LogP contribution in [0.1, 0.15) is 25.8 Å². The van der Waals surface area contributed by atoms with Crippen molar-refractivity contribution in [2.45, 2.75) is 45.1 Å². The van der Waals surface area contributed by atoms with Gasteiger partial charge in [0.2, 0.25) is 0 Å². The number of aliphatic hydroxyl groups excluding tert-OH is 1. The predicted molar refractivity (Wildman–Crippen MR) is 74.6 cm³/mol. The van der Waals surface area contributed by atoms with Gasteiger partial charge >= 0.3 is 6.09 Å². The summed E-state index contributed by atoms with van der Waals surface area (Å²) in [6, 6.07) is 7.56. The van der Waals surface area contributed by atoms with Gasteiger partial charge in [0.25, 0.3) is 0 Å². The van der Waals surface area contributed by atoms with E-state index in [2.05, 4.69) is 0 Å². The molecular weight excluding hydrogens is 258 g/mol. The molecule has 1 aliphatic heterocycles. The van der Waals surface area contributed by atoms with Crippen LogP contribution in [0, 0.1) is 0 Å². The van der Waals surface area contributed by atoms with Crippen LogP contribution in [0.3, 0.4) is 0 Å². The summed E-state index contributed by atoms with van der Waals surface area (Å²) in [5.74, 6) is 0.790. The van der Waals surface area contributed by atoms with Crippen LogP contribution in [0.2, 0.25) is 0 Å². The molecule has 5 nitrogen and oxygen atoms in total. The number of hydrogen-bond acceptors (Lipinski definition) is 4. The first-order valence-corrected chi connectivity index (χ1v) is 6.79. The number of cyclic esters (lactones) is 1. The molecule has 0 saturated carbocycles. The van der Waals surface area contributed by atoms with E-state index in [9.17, 15) is 9.90 Å². The Bertz CT molecular complexity index is 457. The summed E-state index contributed by atoms with van der Waals surface area (Å²) in [6.45, 7) is 4.15. The third-order valence-corrected chi connectivity index (χ3v) is 3.60. The number of hydrogen-bond donors (Lipinski definition) is 1. The van der Waals surface area contributed by atoms with Gasteiger partial charge in [-0.15, -0.1) is 0 Å². The van der Waals surface area contributed by atoms with Gasteiger partial charge in [0, 0.05) is 13.0 Å². The Kier molecular flexibility index (Phi) is 4.49. The van der Waals surface area contributed by atoms with Crippen molar-refractivity contribution in [2.24, 2.45) is 0 Å². The van der Waals surface area contributed by atoms with Crippen molar-refractivity contribution >= 4 is 6.09 Å². The molecule has 0 aromatic heterocycles. The van der Waals surface area contributed by atoms with Crippen LogP contribution >= 0.6 is 0 Å². The highest BCUT2D eigenvalue weighted by molar-refractivity contribution is 5.70. The van der Waals surface area contributed by atoms with Gasteiger partial charge in [0.15, 0.2) is 0 Å². The molecule has 0 bridgehead atoms. The first kappa shape index (κ1) is 14.7. The average Bonchev–Trinajstić information content (AvgIpc) is 2.66. The Morgan fingerprint density at radius 1 is 1.40 bits per heavy atom. The van der Waals surface area contributed by atoms with Crippen LogP contribution < -0.4 is 4.74 Å². The van der Waals surface area contributed by atoms with Crippen molar-refractivity contribution < 1.29 is 19.4 Å². The van der Waals surface area contributed by atoms with Crippen molar-refractivity contribution in [2.75, 3.05) is 7.11 Å². The minimum atomic E-state index is -0.476. The molecule has 5 heteroatoms. The Morgan fingerprint density at radius 2 is 2.05 bits per heavy atom. The molecule has 1 aromatic carbocycles. The van der Waals surface area contributed by atoms with E-state index in [-0.39, 0.29) is 18.2 Å². The van der Waals surface area contributed by atoms with E-state index in [4.69, 9.17) is 9.47 Å². The van der Waals surface area contributed by atoms with E-state index in [1.54, 1.807) is 18.9 Å². The smallest absolute Gasteiger partial charge is 0.410 e. The molecule has 0 aliphatic carbocycles. The molecule has 3 atom stereocenters. The van der Waals surface area contributed by atoms with Crippen LogP contribution in [0.15, 0.2) is 24.3 Å². The van der Waals surface area contributed by atoms with Gasteiger partial charge in [-0.2, -0.15) is 0 Å². The normalized spacial score (nSPS) is 23.6. The van der Waals surface area contributed by atoms with Crippen LogP contribution in [0.4, 0.5) is 4.79 Å². The van der Waals surface area contributed by atoms with Crippen LogP contribution in [0.25, 0.3) is 0 Å². The molecule has 1 heterocycles. The second kappa shape index (κ2) is 6.13. The van der Waals surface area contributed by atoms with Gasteiger partial charge in [0.1, 0.15) is 11.9 Å². The van der Waals surface area contributed by atoms with Crippen LogP contribution in [-0.2, 0) is 11.3 Å². The zero-order valence-electron chi connectivity index (χ0n) is 12.1. The Labute approximate surface area is 119 Å². The topological polar surface area (TPSA) is 59.0 Å². The van der Waals surface area contributed by atoms with E-state index in [0.29, 0.717) is 13.0 Å². The Morgan fingerprint density at radius 3 is 2.60 bits per heavy atom. The summed E-state index contributed by atoms with van der Waals surface area (Å²) < 4.78 is 10.4. The number of benzene rings is 1. The number of methoxy groups -OCH3 is 1. The highest BCUT2D eigenvalue weighted by Crippen LogP contribution is 2.25. The molecule has 110 valence electrons. The minimum absolute atomic E-state index is 0.0424. The fourth-order valence-corrected chi connectivity index (χ4v) is 2.38. The maximum absolute atomic E-state index is 11.9. The highest BCUT2D eigenvalue weighted by atomic mass is 16.6. The number of ether oxygens (including phenoxy) is 2. The van der Waals surface area contributed by atoms with E-state index >= 15 is 0 Å². The zero-order valence-corrected chi connectivity index (χ0v) is 12.1. The molecule has 1 N–H and O–H groups in total. The quantitative estimate of drug-likeness (QED) is 0.897. The van der Waals surface area contributed by atoms with Crippen LogP contribution in [0.5, 0.6) is 5.75 Å². The number of nitrogens with zero attached hydrogens (tertiary/aromatic N) is 1. The van der Waals surface area contributed by atoms with Gasteiger partial charge in [-0.1, -0.05) is 12.1 Å². The van der Waals surface area contributed by atoms with Gasteiger partial charge < -0.3 is 14.6 Å². The lowest BCUT2D eigenvalue weighted by Gasteiger charge is -2.21. The molecule has 1 saturated heterocycles. The zero-order chi connectivity index (χ0) is 14.7. The van der Waals surface area contributed by atoms with Crippen LogP contribution in [-0.4, -0.2) is 41.5 Å². The van der Waals surface area contributed by atoms with Gasteiger partial charge in [0.05, 0.1) is 19.3 Å². The lowest BCUT2D eigenvalue weighted by atomic mass is 10.1. The molecule has 0 radical (unpaired) electrons. The van der Waals surface area contributed by atoms with Gasteiger partial charge in [-0.05, 0) is 31.5 Å². The molecular formula is C15H21NO4. The molecule has 1 unspecified atom stereocenters. The number of carbonyl (C=O) groups is 1. The van der Waals surface area contributed by atoms with Crippen molar-refractivity contribution in [3.8, 4) is 5.75 Å². The number of amides is 1. The third-order valence-electron chi connectivity index (χ3n) is 3.60.